The first-order chi connectivity index (χ1) is 12.0. The van der Waals surface area contributed by atoms with E-state index in [1.165, 1.54) is 0 Å². The third-order valence-electron chi connectivity index (χ3n) is 3.95. The molecule has 138 valence electrons. The van der Waals surface area contributed by atoms with Crippen LogP contribution in [-0.4, -0.2) is 44.7 Å². The average Bonchev–Trinajstić information content (AvgIpc) is 3.38. The topological polar surface area (TPSA) is 98.0 Å². The van der Waals surface area contributed by atoms with Gasteiger partial charge >= 0.3 is 5.97 Å². The molecule has 1 rings (SSSR count). The van der Waals surface area contributed by atoms with Crippen molar-refractivity contribution in [1.82, 2.24) is 0 Å². The number of carboxylic acids is 1. The van der Waals surface area contributed by atoms with Crippen LogP contribution in [0.25, 0.3) is 0 Å². The van der Waals surface area contributed by atoms with E-state index in [2.05, 4.69) is 0 Å². The van der Waals surface area contributed by atoms with Crippen molar-refractivity contribution >= 4 is 5.97 Å². The number of carboxylic acid groups (broad SMARTS) is 1. The quantitative estimate of drug-likeness (QED) is 0.430. The number of aliphatic hydroxyl groups excluding tert-OH is 3. The van der Waals surface area contributed by atoms with Crippen LogP contribution >= 0.6 is 0 Å². The molecule has 0 unspecified atom stereocenters. The van der Waals surface area contributed by atoms with Crippen LogP contribution in [0.15, 0.2) is 60.8 Å². The van der Waals surface area contributed by atoms with Crippen molar-refractivity contribution in [3.05, 3.63) is 60.8 Å². The van der Waals surface area contributed by atoms with Crippen molar-refractivity contribution in [2.24, 2.45) is 11.8 Å². The van der Waals surface area contributed by atoms with Crippen LogP contribution in [0.2, 0.25) is 0 Å². The molecular formula is C20H28O5. The molecule has 5 heteroatoms. The molecule has 0 radical (unpaired) electrons. The summed E-state index contributed by atoms with van der Waals surface area (Å²) >= 11 is 0. The molecule has 0 amide bonds. The van der Waals surface area contributed by atoms with Crippen LogP contribution in [0.3, 0.4) is 0 Å². The van der Waals surface area contributed by atoms with Crippen LogP contribution < -0.4 is 0 Å². The Hall–Kier alpha value is -1.95. The molecular weight excluding hydrogens is 320 g/mol. The van der Waals surface area contributed by atoms with Crippen LogP contribution in [0, 0.1) is 11.8 Å². The van der Waals surface area contributed by atoms with Crippen molar-refractivity contribution in [2.75, 3.05) is 0 Å². The summed E-state index contributed by atoms with van der Waals surface area (Å²) in [5, 5.41) is 37.6. The maximum Gasteiger partial charge on any atom is 0.306 e. The van der Waals surface area contributed by atoms with Crippen LogP contribution in [0.5, 0.6) is 0 Å². The Kier molecular flexibility index (Phi) is 9.77. The lowest BCUT2D eigenvalue weighted by atomic mass is 10.2. The fraction of sp³-hybridized carbons (Fsp3) is 0.450. The Morgan fingerprint density at radius 3 is 2.16 bits per heavy atom. The number of allylic oxidation sites excluding steroid dienone is 6. The van der Waals surface area contributed by atoms with Crippen molar-refractivity contribution in [1.29, 1.82) is 0 Å². The molecule has 5 atom stereocenters. The van der Waals surface area contributed by atoms with Gasteiger partial charge in [0.05, 0.1) is 24.2 Å². The summed E-state index contributed by atoms with van der Waals surface area (Å²) in [6.45, 7) is 1.90. The van der Waals surface area contributed by atoms with E-state index in [1.54, 1.807) is 54.7 Å². The van der Waals surface area contributed by atoms with Crippen molar-refractivity contribution in [3.8, 4) is 0 Å². The summed E-state index contributed by atoms with van der Waals surface area (Å²) in [5.74, 6) is -1.46. The van der Waals surface area contributed by atoms with Crippen molar-refractivity contribution in [2.45, 2.75) is 44.5 Å². The minimum atomic E-state index is -0.851. The van der Waals surface area contributed by atoms with E-state index in [4.69, 9.17) is 5.11 Å². The zero-order valence-corrected chi connectivity index (χ0v) is 14.5. The summed E-state index contributed by atoms with van der Waals surface area (Å²) in [4.78, 5) is 10.7. The fourth-order valence-corrected chi connectivity index (χ4v) is 2.22. The number of carbonyl (C=O) groups is 1. The zero-order valence-electron chi connectivity index (χ0n) is 14.5. The van der Waals surface area contributed by atoms with Gasteiger partial charge in [-0.05, 0) is 19.3 Å². The first kappa shape index (κ1) is 21.1. The Morgan fingerprint density at radius 1 is 0.960 bits per heavy atom. The van der Waals surface area contributed by atoms with Crippen LogP contribution in [0.4, 0.5) is 0 Å². The second-order valence-corrected chi connectivity index (χ2v) is 6.08. The van der Waals surface area contributed by atoms with Crippen LogP contribution in [-0.2, 0) is 4.79 Å². The standard InChI is InChI=1S/C20H28O5/c1-2-15(21)10-7-5-8-12-16(22)11-6-3-4-9-13-19(23)17-14-18(17)20(24)25/h3-11,13,15-19,21-23H,2,12,14H2,1H3,(H,24,25)/b4-3+,8-5-,10-7+,11-6+,13-9-/t15-,16+,17-,18+,19-/m1/s1. The molecule has 4 N–H and O–H groups in total. The molecule has 1 aliphatic carbocycles. The Bertz CT molecular complexity index is 544. The molecule has 0 spiro atoms. The van der Waals surface area contributed by atoms with Gasteiger partial charge in [-0.2, -0.15) is 0 Å². The van der Waals surface area contributed by atoms with Gasteiger partial charge < -0.3 is 20.4 Å². The minimum Gasteiger partial charge on any atom is -0.481 e. The normalized spacial score (nSPS) is 24.8. The van der Waals surface area contributed by atoms with Gasteiger partial charge in [0.2, 0.25) is 0 Å². The predicted octanol–water partition coefficient (Wildman–Crippen LogP) is 2.37. The summed E-state index contributed by atoms with van der Waals surface area (Å²) < 4.78 is 0. The Balaban J connectivity index is 2.22. The molecule has 1 fully saturated rings. The van der Waals surface area contributed by atoms with E-state index < -0.39 is 30.2 Å². The van der Waals surface area contributed by atoms with Gasteiger partial charge in [0.25, 0.3) is 0 Å². The molecule has 1 aliphatic rings. The highest BCUT2D eigenvalue weighted by Crippen LogP contribution is 2.41. The van der Waals surface area contributed by atoms with Crippen molar-refractivity contribution < 1.29 is 25.2 Å². The molecule has 25 heavy (non-hydrogen) atoms. The van der Waals surface area contributed by atoms with E-state index in [-0.39, 0.29) is 5.92 Å². The van der Waals surface area contributed by atoms with Gasteiger partial charge in [0.1, 0.15) is 0 Å². The van der Waals surface area contributed by atoms with Gasteiger partial charge in [-0.3, -0.25) is 4.79 Å². The number of aliphatic hydroxyl groups is 3. The molecule has 0 saturated heterocycles. The second kappa shape index (κ2) is 11.6. The van der Waals surface area contributed by atoms with Crippen molar-refractivity contribution in [3.63, 3.8) is 0 Å². The molecule has 0 bridgehead atoms. The molecule has 0 aromatic carbocycles. The smallest absolute Gasteiger partial charge is 0.306 e. The van der Waals surface area contributed by atoms with Gasteiger partial charge in [0.15, 0.2) is 0 Å². The lowest BCUT2D eigenvalue weighted by molar-refractivity contribution is -0.139. The SMILES string of the molecule is CC[C@@H](O)/C=C/C=C\C[C@@H](O)/C=C/C=C/C=C\[C@@H](O)[C@@H]1C[C@@H]1C(=O)O. The van der Waals surface area contributed by atoms with Gasteiger partial charge in [-0.25, -0.2) is 0 Å². The maximum absolute atomic E-state index is 10.7. The minimum absolute atomic E-state index is 0.182. The van der Waals surface area contributed by atoms with Gasteiger partial charge in [0, 0.05) is 5.92 Å². The summed E-state index contributed by atoms with van der Waals surface area (Å²) in [5.41, 5.74) is 0. The van der Waals surface area contributed by atoms with E-state index in [1.807, 2.05) is 13.0 Å². The molecule has 0 heterocycles. The number of aliphatic carboxylic acids is 1. The van der Waals surface area contributed by atoms with E-state index in [0.717, 1.165) is 0 Å². The highest BCUT2D eigenvalue weighted by molar-refractivity contribution is 5.73. The first-order valence-corrected chi connectivity index (χ1v) is 8.57. The highest BCUT2D eigenvalue weighted by atomic mass is 16.4. The van der Waals surface area contributed by atoms with E-state index >= 15 is 0 Å². The summed E-state index contributed by atoms with van der Waals surface area (Å²) in [6, 6.07) is 0. The fourth-order valence-electron chi connectivity index (χ4n) is 2.22. The van der Waals surface area contributed by atoms with Gasteiger partial charge in [-0.1, -0.05) is 67.7 Å². The Labute approximate surface area is 149 Å². The molecule has 0 aliphatic heterocycles. The van der Waals surface area contributed by atoms with Gasteiger partial charge in [-0.15, -0.1) is 0 Å². The molecule has 5 nitrogen and oxygen atoms in total. The third kappa shape index (κ3) is 9.19. The number of rotatable bonds is 11. The Morgan fingerprint density at radius 2 is 1.56 bits per heavy atom. The number of hydrogen-bond donors (Lipinski definition) is 4. The molecule has 0 aromatic rings. The monoisotopic (exact) mass is 348 g/mol. The number of hydrogen-bond acceptors (Lipinski definition) is 4. The predicted molar refractivity (Wildman–Crippen MR) is 97.9 cm³/mol. The zero-order chi connectivity index (χ0) is 18.7. The molecule has 1 saturated carbocycles. The largest absolute Gasteiger partial charge is 0.481 e. The third-order valence-corrected chi connectivity index (χ3v) is 3.95. The maximum atomic E-state index is 10.7. The van der Waals surface area contributed by atoms with E-state index in [0.29, 0.717) is 19.3 Å². The van der Waals surface area contributed by atoms with Crippen LogP contribution in [0.1, 0.15) is 26.2 Å². The first-order valence-electron chi connectivity index (χ1n) is 8.57. The lowest BCUT2D eigenvalue weighted by Crippen LogP contribution is -2.10. The van der Waals surface area contributed by atoms with E-state index in [9.17, 15) is 20.1 Å². The average molecular weight is 348 g/mol. The summed E-state index contributed by atoms with van der Waals surface area (Å²) in [6.07, 6.45) is 17.0. The second-order valence-electron chi connectivity index (χ2n) is 6.08. The highest BCUT2D eigenvalue weighted by Gasteiger charge is 2.46. The summed E-state index contributed by atoms with van der Waals surface area (Å²) in [7, 11) is 0. The lowest BCUT2D eigenvalue weighted by Gasteiger charge is -2.01. The molecule has 0 aromatic heterocycles.